The highest BCUT2D eigenvalue weighted by atomic mass is 79.9. The zero-order valence-electron chi connectivity index (χ0n) is 8.21. The lowest BCUT2D eigenvalue weighted by Crippen LogP contribution is -1.83. The first-order valence-electron chi connectivity index (χ1n) is 4.66. The molecule has 0 saturated carbocycles. The van der Waals surface area contributed by atoms with Crippen LogP contribution in [0.15, 0.2) is 33.3 Å². The van der Waals surface area contributed by atoms with Crippen molar-refractivity contribution in [2.45, 2.75) is 6.42 Å². The van der Waals surface area contributed by atoms with Gasteiger partial charge in [-0.15, -0.1) is 11.6 Å². The van der Waals surface area contributed by atoms with Gasteiger partial charge in [0.15, 0.2) is 11.7 Å². The molecule has 0 unspecified atom stereocenters. The van der Waals surface area contributed by atoms with Gasteiger partial charge in [-0.2, -0.15) is 0 Å². The molecule has 16 heavy (non-hydrogen) atoms. The molecule has 2 aromatic rings. The van der Waals surface area contributed by atoms with Crippen molar-refractivity contribution in [3.63, 3.8) is 0 Å². The number of hydrogen-bond donors (Lipinski definition) is 0. The van der Waals surface area contributed by atoms with E-state index >= 15 is 0 Å². The Balaban J connectivity index is 2.34. The van der Waals surface area contributed by atoms with Gasteiger partial charge in [0.1, 0.15) is 0 Å². The lowest BCUT2D eigenvalue weighted by Gasteiger charge is -1.99. The van der Waals surface area contributed by atoms with E-state index in [2.05, 4.69) is 20.9 Å². The van der Waals surface area contributed by atoms with E-state index in [1.807, 2.05) is 18.2 Å². The number of halogens is 3. The van der Waals surface area contributed by atoms with Gasteiger partial charge < -0.3 is 4.42 Å². The number of alkyl halides is 1. The summed E-state index contributed by atoms with van der Waals surface area (Å²) in [5.41, 5.74) is 0.896. The predicted octanol–water partition coefficient (Wildman–Crippen LogP) is 4.54. The average Bonchev–Trinajstić information content (AvgIpc) is 2.65. The number of aromatic nitrogens is 1. The summed E-state index contributed by atoms with van der Waals surface area (Å²) < 4.78 is 6.45. The Labute approximate surface area is 112 Å². The number of aryl methyl sites for hydroxylation is 1. The molecule has 1 heterocycles. The molecule has 0 saturated heterocycles. The van der Waals surface area contributed by atoms with E-state index in [1.165, 1.54) is 0 Å². The molecule has 0 bridgehead atoms. The van der Waals surface area contributed by atoms with Gasteiger partial charge in [-0.3, -0.25) is 0 Å². The molecule has 0 aliphatic carbocycles. The van der Waals surface area contributed by atoms with Crippen LogP contribution >= 0.6 is 39.1 Å². The Morgan fingerprint density at radius 2 is 2.12 bits per heavy atom. The normalized spacial score (nSPS) is 10.7. The molecule has 0 atom stereocenters. The smallest absolute Gasteiger partial charge is 0.196 e. The van der Waals surface area contributed by atoms with E-state index in [4.69, 9.17) is 27.6 Å². The molecule has 84 valence electrons. The van der Waals surface area contributed by atoms with Gasteiger partial charge in [-0.1, -0.05) is 27.5 Å². The summed E-state index contributed by atoms with van der Waals surface area (Å²) in [6.45, 7) is 0. The molecule has 0 aliphatic rings. The molecule has 0 aliphatic heterocycles. The van der Waals surface area contributed by atoms with E-state index in [9.17, 15) is 0 Å². The summed E-state index contributed by atoms with van der Waals surface area (Å²) in [4.78, 5) is 4.13. The second-order valence-electron chi connectivity index (χ2n) is 3.22. The van der Waals surface area contributed by atoms with Crippen molar-refractivity contribution in [2.24, 2.45) is 0 Å². The maximum Gasteiger partial charge on any atom is 0.196 e. The van der Waals surface area contributed by atoms with Gasteiger partial charge in [0.2, 0.25) is 0 Å². The average molecular weight is 321 g/mol. The third-order valence-electron chi connectivity index (χ3n) is 2.01. The second kappa shape index (κ2) is 5.21. The van der Waals surface area contributed by atoms with Gasteiger partial charge in [-0.25, -0.2) is 4.98 Å². The minimum atomic E-state index is 0.499. The summed E-state index contributed by atoms with van der Waals surface area (Å²) in [5.74, 6) is 1.84. The SMILES string of the molecule is ClCCc1ncc(-c2cc(Cl)cc(Br)c2)o1. The van der Waals surface area contributed by atoms with E-state index in [1.54, 1.807) is 6.20 Å². The molecule has 1 aromatic carbocycles. The zero-order valence-corrected chi connectivity index (χ0v) is 11.3. The number of hydrogen-bond acceptors (Lipinski definition) is 2. The van der Waals surface area contributed by atoms with Crippen molar-refractivity contribution in [1.82, 2.24) is 4.98 Å². The third-order valence-corrected chi connectivity index (χ3v) is 2.87. The molecule has 2 rings (SSSR count). The van der Waals surface area contributed by atoms with Crippen LogP contribution in [0.5, 0.6) is 0 Å². The monoisotopic (exact) mass is 319 g/mol. The summed E-state index contributed by atoms with van der Waals surface area (Å²) in [6.07, 6.45) is 2.31. The Kier molecular flexibility index (Phi) is 3.90. The van der Waals surface area contributed by atoms with Gasteiger partial charge in [0, 0.05) is 27.4 Å². The van der Waals surface area contributed by atoms with E-state index in [0.717, 1.165) is 10.0 Å². The molecule has 0 fully saturated rings. The van der Waals surface area contributed by atoms with Crippen molar-refractivity contribution in [1.29, 1.82) is 0 Å². The molecule has 0 N–H and O–H groups in total. The maximum absolute atomic E-state index is 5.95. The fourth-order valence-electron chi connectivity index (χ4n) is 1.34. The van der Waals surface area contributed by atoms with Crippen LogP contribution in [0.4, 0.5) is 0 Å². The molecule has 2 nitrogen and oxygen atoms in total. The van der Waals surface area contributed by atoms with Crippen LogP contribution in [-0.4, -0.2) is 10.9 Å². The van der Waals surface area contributed by atoms with Crippen molar-refractivity contribution in [3.05, 3.63) is 39.8 Å². The molecule has 0 amide bonds. The lowest BCUT2D eigenvalue weighted by atomic mass is 10.2. The van der Waals surface area contributed by atoms with E-state index < -0.39 is 0 Å². The van der Waals surface area contributed by atoms with Crippen LogP contribution in [0.25, 0.3) is 11.3 Å². The molecule has 5 heteroatoms. The Morgan fingerprint density at radius 3 is 2.81 bits per heavy atom. The van der Waals surface area contributed by atoms with E-state index in [-0.39, 0.29) is 0 Å². The number of benzene rings is 1. The maximum atomic E-state index is 5.95. The standard InChI is InChI=1S/C11H8BrCl2NO/c12-8-3-7(4-9(14)5-8)10-6-15-11(16-10)1-2-13/h3-6H,1-2H2. The van der Waals surface area contributed by atoms with Crippen molar-refractivity contribution in [2.75, 3.05) is 5.88 Å². The minimum absolute atomic E-state index is 0.499. The summed E-state index contributed by atoms with van der Waals surface area (Å²) in [7, 11) is 0. The largest absolute Gasteiger partial charge is 0.441 e. The Hall–Kier alpha value is -0.510. The van der Waals surface area contributed by atoms with Crippen molar-refractivity contribution < 1.29 is 4.42 Å². The van der Waals surface area contributed by atoms with Crippen LogP contribution in [0.1, 0.15) is 5.89 Å². The highest BCUT2D eigenvalue weighted by Crippen LogP contribution is 2.27. The first-order chi connectivity index (χ1) is 7.69. The molecule has 0 radical (unpaired) electrons. The van der Waals surface area contributed by atoms with Gasteiger partial charge in [-0.05, 0) is 18.2 Å². The number of rotatable bonds is 3. The van der Waals surface area contributed by atoms with Crippen molar-refractivity contribution >= 4 is 39.1 Å². The molecule has 1 aromatic heterocycles. The number of nitrogens with zero attached hydrogens (tertiary/aromatic N) is 1. The Bertz CT molecular complexity index is 478. The van der Waals surface area contributed by atoms with Gasteiger partial charge >= 0.3 is 0 Å². The summed E-state index contributed by atoms with van der Waals surface area (Å²) in [6, 6.07) is 5.58. The van der Waals surface area contributed by atoms with Crippen LogP contribution in [0, 0.1) is 0 Å². The van der Waals surface area contributed by atoms with Gasteiger partial charge in [0.25, 0.3) is 0 Å². The zero-order chi connectivity index (χ0) is 11.5. The summed E-state index contributed by atoms with van der Waals surface area (Å²) in [5, 5.41) is 0.652. The molecular weight excluding hydrogens is 313 g/mol. The second-order valence-corrected chi connectivity index (χ2v) is 4.95. The summed E-state index contributed by atoms with van der Waals surface area (Å²) >= 11 is 14.9. The fraction of sp³-hybridized carbons (Fsp3) is 0.182. The molecular formula is C11H8BrCl2NO. The van der Waals surface area contributed by atoms with Crippen LogP contribution in [0.2, 0.25) is 5.02 Å². The van der Waals surface area contributed by atoms with E-state index in [0.29, 0.717) is 29.0 Å². The quantitative estimate of drug-likeness (QED) is 0.776. The predicted molar refractivity (Wildman–Crippen MR) is 69.1 cm³/mol. The highest BCUT2D eigenvalue weighted by Gasteiger charge is 2.07. The Morgan fingerprint density at radius 1 is 1.31 bits per heavy atom. The van der Waals surface area contributed by atoms with Gasteiger partial charge in [0.05, 0.1) is 6.20 Å². The first-order valence-corrected chi connectivity index (χ1v) is 6.37. The third kappa shape index (κ3) is 2.78. The van der Waals surface area contributed by atoms with Crippen molar-refractivity contribution in [3.8, 4) is 11.3 Å². The molecule has 0 spiro atoms. The lowest BCUT2D eigenvalue weighted by molar-refractivity contribution is 0.514. The fourth-order valence-corrected chi connectivity index (χ4v) is 2.36. The first kappa shape index (κ1) is 12.0. The highest BCUT2D eigenvalue weighted by molar-refractivity contribution is 9.10. The number of oxazole rings is 1. The van der Waals surface area contributed by atoms with Crippen LogP contribution < -0.4 is 0 Å². The topological polar surface area (TPSA) is 26.0 Å². The minimum Gasteiger partial charge on any atom is -0.441 e. The van der Waals surface area contributed by atoms with Crippen LogP contribution in [0.3, 0.4) is 0 Å². The van der Waals surface area contributed by atoms with Crippen LogP contribution in [-0.2, 0) is 6.42 Å².